The molecule has 2 saturated heterocycles. The van der Waals surface area contributed by atoms with E-state index in [0.717, 1.165) is 22.5 Å². The van der Waals surface area contributed by atoms with E-state index in [9.17, 15) is 19.5 Å². The van der Waals surface area contributed by atoms with E-state index in [1.165, 1.54) is 0 Å². The van der Waals surface area contributed by atoms with Crippen LogP contribution in [0.1, 0.15) is 24.5 Å². The molecule has 4 aliphatic rings. The smallest absolute Gasteiger partial charge is 0.253 e. The zero-order chi connectivity index (χ0) is 28.2. The summed E-state index contributed by atoms with van der Waals surface area (Å²) >= 11 is 0. The first-order valence-corrected chi connectivity index (χ1v) is 13.9. The molecular formula is C32H35N3O5. The Balaban J connectivity index is 1.48. The molecule has 5 atom stereocenters. The lowest BCUT2D eigenvalue weighted by molar-refractivity contribution is -0.144. The van der Waals surface area contributed by atoms with Crippen molar-refractivity contribution in [1.29, 1.82) is 0 Å². The summed E-state index contributed by atoms with van der Waals surface area (Å²) in [6, 6.07) is 14.4. The second-order valence-electron chi connectivity index (χ2n) is 11.4. The number of fused-ring (bicyclic) bond motifs is 2. The third kappa shape index (κ3) is 3.84. The minimum Gasteiger partial charge on any atom is -0.396 e. The summed E-state index contributed by atoms with van der Waals surface area (Å²) in [4.78, 5) is 48.1. The predicted octanol–water partition coefficient (Wildman–Crippen LogP) is 3.16. The second kappa shape index (κ2) is 9.71. The summed E-state index contributed by atoms with van der Waals surface area (Å²) in [5, 5.41) is 9.65. The van der Waals surface area contributed by atoms with Crippen molar-refractivity contribution in [3.8, 4) is 0 Å². The van der Waals surface area contributed by atoms with Crippen LogP contribution in [0, 0.1) is 25.7 Å². The zero-order valence-electron chi connectivity index (χ0n) is 23.1. The Labute approximate surface area is 234 Å². The van der Waals surface area contributed by atoms with Crippen LogP contribution in [0.15, 0.2) is 72.8 Å². The first kappa shape index (κ1) is 26.5. The minimum absolute atomic E-state index is 0.121. The molecule has 8 nitrogen and oxygen atoms in total. The Hall–Kier alpha value is -3.75. The second-order valence-corrected chi connectivity index (χ2v) is 11.4. The summed E-state index contributed by atoms with van der Waals surface area (Å²) in [7, 11) is 0. The molecule has 0 aliphatic carbocycles. The molecule has 40 heavy (non-hydrogen) atoms. The van der Waals surface area contributed by atoms with E-state index in [1.54, 1.807) is 14.7 Å². The van der Waals surface area contributed by atoms with E-state index in [1.807, 2.05) is 93.6 Å². The van der Waals surface area contributed by atoms with Gasteiger partial charge in [0.05, 0.1) is 17.4 Å². The molecule has 4 heterocycles. The maximum absolute atomic E-state index is 14.5. The van der Waals surface area contributed by atoms with Crippen LogP contribution < -0.4 is 9.80 Å². The molecule has 0 radical (unpaired) electrons. The Bertz CT molecular complexity index is 1420. The number of anilines is 2. The van der Waals surface area contributed by atoms with Gasteiger partial charge in [-0.1, -0.05) is 54.6 Å². The highest BCUT2D eigenvalue weighted by Gasteiger charge is 2.74. The Morgan fingerprint density at radius 2 is 1.62 bits per heavy atom. The Kier molecular flexibility index (Phi) is 6.43. The molecule has 1 N–H and O–H groups in total. The molecule has 0 aromatic heterocycles. The number of rotatable bonds is 5. The summed E-state index contributed by atoms with van der Waals surface area (Å²) in [5.74, 6) is -2.45. The van der Waals surface area contributed by atoms with Crippen molar-refractivity contribution in [1.82, 2.24) is 4.90 Å². The summed E-state index contributed by atoms with van der Waals surface area (Å²) in [5.41, 5.74) is 1.10. The molecule has 3 amide bonds. The van der Waals surface area contributed by atoms with Crippen molar-refractivity contribution < 1.29 is 24.2 Å². The van der Waals surface area contributed by atoms with Crippen molar-refractivity contribution in [3.05, 3.63) is 84.0 Å². The predicted molar refractivity (Wildman–Crippen MR) is 152 cm³/mol. The van der Waals surface area contributed by atoms with E-state index in [4.69, 9.17) is 4.74 Å². The van der Waals surface area contributed by atoms with Crippen molar-refractivity contribution in [2.75, 3.05) is 36.0 Å². The Morgan fingerprint density at radius 3 is 2.38 bits per heavy atom. The van der Waals surface area contributed by atoms with Crippen LogP contribution in [-0.4, -0.2) is 71.2 Å². The molecule has 2 fully saturated rings. The molecule has 6 rings (SSSR count). The molecule has 0 bridgehead atoms. The largest absolute Gasteiger partial charge is 0.396 e. The van der Waals surface area contributed by atoms with E-state index in [0.29, 0.717) is 19.5 Å². The van der Waals surface area contributed by atoms with Crippen molar-refractivity contribution in [2.45, 2.75) is 44.4 Å². The molecule has 8 heteroatoms. The number of nitrogens with zero attached hydrogens (tertiary/aromatic N) is 3. The summed E-state index contributed by atoms with van der Waals surface area (Å²) in [6.45, 7) is 6.55. The minimum atomic E-state index is -1.32. The molecule has 2 aromatic rings. The highest BCUT2D eigenvalue weighted by molar-refractivity contribution is 6.07. The van der Waals surface area contributed by atoms with Gasteiger partial charge in [0.1, 0.15) is 11.6 Å². The molecule has 4 aliphatic heterocycles. The average Bonchev–Trinajstić information content (AvgIpc) is 3.20. The molecule has 0 saturated carbocycles. The van der Waals surface area contributed by atoms with Gasteiger partial charge in [-0.2, -0.15) is 0 Å². The number of aliphatic hydroxyl groups excluding tert-OH is 1. The monoisotopic (exact) mass is 541 g/mol. The number of likely N-dealkylation sites (tertiary alicyclic amines) is 1. The number of benzene rings is 2. The fraction of sp³-hybridized carbons (Fsp3) is 0.406. The third-order valence-corrected chi connectivity index (χ3v) is 8.84. The maximum atomic E-state index is 14.5. The molecule has 1 spiro atoms. The fourth-order valence-electron chi connectivity index (χ4n) is 7.07. The molecular weight excluding hydrogens is 506 g/mol. The average molecular weight is 542 g/mol. The van der Waals surface area contributed by atoms with Gasteiger partial charge in [-0.15, -0.1) is 0 Å². The van der Waals surface area contributed by atoms with Crippen LogP contribution >= 0.6 is 0 Å². The lowest BCUT2D eigenvalue weighted by Crippen LogP contribution is -2.56. The lowest BCUT2D eigenvalue weighted by Gasteiger charge is -2.37. The van der Waals surface area contributed by atoms with Crippen LogP contribution in [0.5, 0.6) is 0 Å². The first-order valence-electron chi connectivity index (χ1n) is 13.9. The van der Waals surface area contributed by atoms with Gasteiger partial charge in [-0.3, -0.25) is 14.4 Å². The standard InChI is InChI=1S/C32H35N3O5/c1-21-12-13-22(2)24(20-21)34-17-8-15-32-26(29(38)35(18-9-19-36)27(32)30(34)39)25-28(37)33(23-10-5-4-6-11-23)16-7-14-31(25,3)40-32/h4-8,10-15,20,25-27,36H,9,16-19H2,1-3H3/t25-,26-,27?,31+,32-/m0/s1. The molecule has 1 unspecified atom stereocenters. The van der Waals surface area contributed by atoms with Crippen LogP contribution in [0.2, 0.25) is 0 Å². The molecule has 2 aromatic carbocycles. The van der Waals surface area contributed by atoms with E-state index >= 15 is 0 Å². The summed E-state index contributed by atoms with van der Waals surface area (Å²) in [6.07, 6.45) is 7.87. The highest BCUT2D eigenvalue weighted by atomic mass is 16.5. The number of hydrogen-bond donors (Lipinski definition) is 1. The van der Waals surface area contributed by atoms with Crippen LogP contribution in [0.25, 0.3) is 0 Å². The number of hydrogen-bond acceptors (Lipinski definition) is 5. The van der Waals surface area contributed by atoms with Crippen LogP contribution in [-0.2, 0) is 19.1 Å². The van der Waals surface area contributed by atoms with Gasteiger partial charge in [0.15, 0.2) is 0 Å². The van der Waals surface area contributed by atoms with Gasteiger partial charge in [0.25, 0.3) is 5.91 Å². The Morgan fingerprint density at radius 1 is 0.900 bits per heavy atom. The van der Waals surface area contributed by atoms with Crippen LogP contribution in [0.3, 0.4) is 0 Å². The van der Waals surface area contributed by atoms with E-state index in [2.05, 4.69) is 0 Å². The highest BCUT2D eigenvalue weighted by Crippen LogP contribution is 2.57. The number of carbonyl (C=O) groups excluding carboxylic acids is 3. The van der Waals surface area contributed by atoms with Gasteiger partial charge in [0, 0.05) is 37.6 Å². The number of aliphatic hydroxyl groups is 1. The van der Waals surface area contributed by atoms with Gasteiger partial charge in [0.2, 0.25) is 11.8 Å². The van der Waals surface area contributed by atoms with Gasteiger partial charge in [-0.25, -0.2) is 0 Å². The normalized spacial score (nSPS) is 31.2. The first-order chi connectivity index (χ1) is 19.2. The van der Waals surface area contributed by atoms with Gasteiger partial charge in [-0.05, 0) is 56.5 Å². The van der Waals surface area contributed by atoms with Crippen molar-refractivity contribution in [3.63, 3.8) is 0 Å². The number of amides is 3. The SMILES string of the molecule is Cc1ccc(C)c(N2CC=C[C@]34O[C@]5(C)C=CCN(c6ccccc6)C(=O)[C@@H]5[C@H]3C(=O)N(CCCO)C4C2=O)c1. The quantitative estimate of drug-likeness (QED) is 0.588. The van der Waals surface area contributed by atoms with E-state index < -0.39 is 29.1 Å². The van der Waals surface area contributed by atoms with Crippen molar-refractivity contribution in [2.24, 2.45) is 11.8 Å². The summed E-state index contributed by atoms with van der Waals surface area (Å²) < 4.78 is 6.88. The number of carbonyl (C=O) groups is 3. The van der Waals surface area contributed by atoms with Crippen LogP contribution in [0.4, 0.5) is 11.4 Å². The number of para-hydroxylation sites is 1. The zero-order valence-corrected chi connectivity index (χ0v) is 23.1. The van der Waals surface area contributed by atoms with E-state index in [-0.39, 0.29) is 30.9 Å². The third-order valence-electron chi connectivity index (χ3n) is 8.84. The number of ether oxygens (including phenoxy) is 1. The lowest BCUT2D eigenvalue weighted by atomic mass is 9.74. The van der Waals surface area contributed by atoms with Crippen molar-refractivity contribution >= 4 is 29.1 Å². The van der Waals surface area contributed by atoms with Gasteiger partial charge < -0.3 is 24.5 Å². The van der Waals surface area contributed by atoms with Gasteiger partial charge >= 0.3 is 0 Å². The fourth-order valence-corrected chi connectivity index (χ4v) is 7.07. The number of aryl methyl sites for hydroxylation is 2. The molecule has 208 valence electrons. The topological polar surface area (TPSA) is 90.4 Å². The maximum Gasteiger partial charge on any atom is 0.253 e.